The second-order valence-corrected chi connectivity index (χ2v) is 4.67. The van der Waals surface area contributed by atoms with Crippen molar-refractivity contribution in [3.05, 3.63) is 57.6 Å². The Morgan fingerprint density at radius 3 is 2.00 bits per heavy atom. The summed E-state index contributed by atoms with van der Waals surface area (Å²) >= 11 is 0. The molecular formula is C17H17NO5. The Hall–Kier alpha value is -3.02. The monoisotopic (exact) mass is 315 g/mol. The SMILES string of the molecule is COc1cc(/C=C\c2ccc(OC)c([N+](=O)[O-])c2)cc(OC)c1. The third kappa shape index (κ3) is 4.00. The molecule has 2 rings (SSSR count). The summed E-state index contributed by atoms with van der Waals surface area (Å²) in [4.78, 5) is 10.6. The fraction of sp³-hybridized carbons (Fsp3) is 0.176. The fourth-order valence-corrected chi connectivity index (χ4v) is 2.07. The average Bonchev–Trinajstić information content (AvgIpc) is 2.59. The quantitative estimate of drug-likeness (QED) is 0.461. The van der Waals surface area contributed by atoms with E-state index in [2.05, 4.69) is 0 Å². The molecule has 0 N–H and O–H groups in total. The first-order valence-electron chi connectivity index (χ1n) is 6.81. The Kier molecular flexibility index (Phi) is 5.19. The van der Waals surface area contributed by atoms with Gasteiger partial charge in [0.05, 0.1) is 26.3 Å². The molecule has 6 nitrogen and oxygen atoms in total. The van der Waals surface area contributed by atoms with Gasteiger partial charge in [-0.3, -0.25) is 10.1 Å². The van der Waals surface area contributed by atoms with Crippen LogP contribution < -0.4 is 14.2 Å². The van der Waals surface area contributed by atoms with Crippen LogP contribution in [0.4, 0.5) is 5.69 Å². The van der Waals surface area contributed by atoms with Crippen molar-refractivity contribution in [1.29, 1.82) is 0 Å². The summed E-state index contributed by atoms with van der Waals surface area (Å²) in [5.41, 5.74) is 1.48. The molecule has 120 valence electrons. The minimum absolute atomic E-state index is 0.0714. The highest BCUT2D eigenvalue weighted by Crippen LogP contribution is 2.29. The first-order chi connectivity index (χ1) is 11.1. The van der Waals surface area contributed by atoms with Crippen LogP contribution in [-0.4, -0.2) is 26.3 Å². The zero-order chi connectivity index (χ0) is 16.8. The maximum atomic E-state index is 11.0. The number of hydrogen-bond donors (Lipinski definition) is 0. The van der Waals surface area contributed by atoms with Gasteiger partial charge in [0.25, 0.3) is 0 Å². The van der Waals surface area contributed by atoms with Gasteiger partial charge in [-0.25, -0.2) is 0 Å². The number of nitrogens with zero attached hydrogens (tertiary/aromatic N) is 1. The lowest BCUT2D eigenvalue weighted by Gasteiger charge is -2.06. The van der Waals surface area contributed by atoms with Crippen LogP contribution in [-0.2, 0) is 0 Å². The molecule has 0 radical (unpaired) electrons. The second-order valence-electron chi connectivity index (χ2n) is 4.67. The smallest absolute Gasteiger partial charge is 0.311 e. The van der Waals surface area contributed by atoms with Gasteiger partial charge in [0.1, 0.15) is 11.5 Å². The van der Waals surface area contributed by atoms with Crippen molar-refractivity contribution in [2.24, 2.45) is 0 Å². The third-order valence-corrected chi connectivity index (χ3v) is 3.24. The van der Waals surface area contributed by atoms with E-state index >= 15 is 0 Å². The largest absolute Gasteiger partial charge is 0.497 e. The van der Waals surface area contributed by atoms with Gasteiger partial charge < -0.3 is 14.2 Å². The molecule has 0 fully saturated rings. The highest BCUT2D eigenvalue weighted by molar-refractivity contribution is 5.72. The molecule has 0 amide bonds. The molecule has 0 bridgehead atoms. The van der Waals surface area contributed by atoms with Crippen LogP contribution in [0.3, 0.4) is 0 Å². The molecule has 0 aliphatic heterocycles. The van der Waals surface area contributed by atoms with Crippen molar-refractivity contribution in [3.8, 4) is 17.2 Å². The molecule has 2 aromatic rings. The Morgan fingerprint density at radius 1 is 0.870 bits per heavy atom. The predicted octanol–water partition coefficient (Wildman–Crippen LogP) is 3.79. The van der Waals surface area contributed by atoms with Gasteiger partial charge in [-0.15, -0.1) is 0 Å². The van der Waals surface area contributed by atoms with E-state index in [-0.39, 0.29) is 11.4 Å². The summed E-state index contributed by atoms with van der Waals surface area (Å²) in [5, 5.41) is 11.0. The highest BCUT2D eigenvalue weighted by Gasteiger charge is 2.14. The van der Waals surface area contributed by atoms with Gasteiger partial charge in [0.2, 0.25) is 0 Å². The topological polar surface area (TPSA) is 70.8 Å². The van der Waals surface area contributed by atoms with Gasteiger partial charge in [-0.2, -0.15) is 0 Å². The normalized spacial score (nSPS) is 10.6. The van der Waals surface area contributed by atoms with Crippen molar-refractivity contribution in [2.45, 2.75) is 0 Å². The zero-order valence-electron chi connectivity index (χ0n) is 13.1. The Bertz CT molecular complexity index is 718. The van der Waals surface area contributed by atoms with Gasteiger partial charge in [0, 0.05) is 12.1 Å². The van der Waals surface area contributed by atoms with E-state index in [1.807, 2.05) is 18.2 Å². The van der Waals surface area contributed by atoms with Crippen LogP contribution in [0, 0.1) is 10.1 Å². The first-order valence-corrected chi connectivity index (χ1v) is 6.81. The average molecular weight is 315 g/mol. The summed E-state index contributed by atoms with van der Waals surface area (Å²) < 4.78 is 15.4. The molecule has 0 aromatic heterocycles. The van der Waals surface area contributed by atoms with E-state index in [4.69, 9.17) is 14.2 Å². The van der Waals surface area contributed by atoms with Crippen molar-refractivity contribution in [3.63, 3.8) is 0 Å². The Balaban J connectivity index is 2.33. The zero-order valence-corrected chi connectivity index (χ0v) is 13.1. The molecule has 0 saturated heterocycles. The number of nitro benzene ring substituents is 1. The van der Waals surface area contributed by atoms with Crippen molar-refractivity contribution in [2.75, 3.05) is 21.3 Å². The van der Waals surface area contributed by atoms with Crippen molar-refractivity contribution < 1.29 is 19.1 Å². The van der Waals surface area contributed by atoms with Gasteiger partial charge in [-0.05, 0) is 29.3 Å². The number of rotatable bonds is 6. The van der Waals surface area contributed by atoms with Crippen LogP contribution in [0.2, 0.25) is 0 Å². The Morgan fingerprint density at radius 2 is 1.48 bits per heavy atom. The summed E-state index contributed by atoms with van der Waals surface area (Å²) in [6.45, 7) is 0. The lowest BCUT2D eigenvalue weighted by Crippen LogP contribution is -1.93. The van der Waals surface area contributed by atoms with Crippen LogP contribution >= 0.6 is 0 Å². The minimum Gasteiger partial charge on any atom is -0.497 e. The van der Waals surface area contributed by atoms with E-state index in [9.17, 15) is 10.1 Å². The minimum atomic E-state index is -0.468. The summed E-state index contributed by atoms with van der Waals surface area (Å²) in [5.74, 6) is 1.57. The standard InChI is InChI=1S/C17H17NO5/c1-21-14-8-13(9-15(11-14)22-2)5-4-12-6-7-17(23-3)16(10-12)18(19)20/h4-11H,1-3H3/b5-4-. The fourth-order valence-electron chi connectivity index (χ4n) is 2.07. The van der Waals surface area contributed by atoms with Crippen molar-refractivity contribution >= 4 is 17.8 Å². The molecule has 0 unspecified atom stereocenters. The molecule has 23 heavy (non-hydrogen) atoms. The molecule has 0 heterocycles. The van der Waals surface area contributed by atoms with E-state index in [1.54, 1.807) is 38.5 Å². The van der Waals surface area contributed by atoms with E-state index in [0.717, 1.165) is 5.56 Å². The highest BCUT2D eigenvalue weighted by atomic mass is 16.6. The van der Waals surface area contributed by atoms with Crippen LogP contribution in [0.25, 0.3) is 12.2 Å². The second kappa shape index (κ2) is 7.31. The predicted molar refractivity (Wildman–Crippen MR) is 88.1 cm³/mol. The number of benzene rings is 2. The summed E-state index contributed by atoms with van der Waals surface area (Å²) in [6.07, 6.45) is 3.61. The van der Waals surface area contributed by atoms with Crippen LogP contribution in [0.5, 0.6) is 17.2 Å². The van der Waals surface area contributed by atoms with Gasteiger partial charge >= 0.3 is 5.69 Å². The van der Waals surface area contributed by atoms with Gasteiger partial charge in [0.15, 0.2) is 5.75 Å². The lowest BCUT2D eigenvalue weighted by atomic mass is 10.1. The summed E-state index contributed by atoms with van der Waals surface area (Å²) in [7, 11) is 4.56. The van der Waals surface area contributed by atoms with Crippen molar-refractivity contribution in [1.82, 2.24) is 0 Å². The number of nitro groups is 1. The maximum Gasteiger partial charge on any atom is 0.311 e. The van der Waals surface area contributed by atoms with E-state index in [0.29, 0.717) is 17.1 Å². The third-order valence-electron chi connectivity index (χ3n) is 3.24. The lowest BCUT2D eigenvalue weighted by molar-refractivity contribution is -0.385. The van der Waals surface area contributed by atoms with E-state index in [1.165, 1.54) is 13.2 Å². The maximum absolute atomic E-state index is 11.0. The van der Waals surface area contributed by atoms with Crippen LogP contribution in [0.15, 0.2) is 36.4 Å². The summed E-state index contributed by atoms with van der Waals surface area (Å²) in [6, 6.07) is 10.2. The molecule has 0 aliphatic rings. The van der Waals surface area contributed by atoms with E-state index < -0.39 is 4.92 Å². The molecule has 6 heteroatoms. The number of methoxy groups -OCH3 is 3. The van der Waals surface area contributed by atoms with Crippen LogP contribution in [0.1, 0.15) is 11.1 Å². The number of hydrogen-bond acceptors (Lipinski definition) is 5. The Labute approximate surface area is 134 Å². The molecule has 0 spiro atoms. The molecule has 0 atom stereocenters. The first kappa shape index (κ1) is 16.4. The molecule has 2 aromatic carbocycles. The number of ether oxygens (including phenoxy) is 3. The van der Waals surface area contributed by atoms with Gasteiger partial charge in [-0.1, -0.05) is 18.2 Å². The molecule has 0 aliphatic carbocycles. The molecular weight excluding hydrogens is 298 g/mol. The molecule has 0 saturated carbocycles.